The number of carbonyl (C=O) groups is 2. The van der Waals surface area contributed by atoms with Crippen LogP contribution in [0.4, 0.5) is 0 Å². The predicted octanol–water partition coefficient (Wildman–Crippen LogP) is 15.4. The van der Waals surface area contributed by atoms with Crippen molar-refractivity contribution >= 4 is 11.9 Å². The summed E-state index contributed by atoms with van der Waals surface area (Å²) in [6.07, 6.45) is 56.8. The lowest BCUT2D eigenvalue weighted by molar-refractivity contribution is -0.305. The Morgan fingerprint density at radius 2 is 0.896 bits per heavy atom. The van der Waals surface area contributed by atoms with Gasteiger partial charge < -0.3 is 45.1 Å². The van der Waals surface area contributed by atoms with Crippen molar-refractivity contribution in [2.24, 2.45) is 0 Å². The first-order valence-electron chi connectivity index (χ1n) is 32.1. The maximum absolute atomic E-state index is 13.4. The van der Waals surface area contributed by atoms with Crippen LogP contribution in [-0.4, -0.2) is 99.6 Å². The van der Waals surface area contributed by atoms with Gasteiger partial charge in [-0.1, -0.05) is 268 Å². The van der Waals surface area contributed by atoms with Crippen LogP contribution in [0, 0.1) is 0 Å². The molecule has 8 unspecified atom stereocenters. The number of amides is 1. The zero-order valence-electron chi connectivity index (χ0n) is 49.6. The molecule has 1 heterocycles. The first kappa shape index (κ1) is 72.4. The molecule has 448 valence electrons. The summed E-state index contributed by atoms with van der Waals surface area (Å²) in [5.74, 6) is -1.20. The van der Waals surface area contributed by atoms with Gasteiger partial charge in [0.15, 0.2) is 12.4 Å². The molecule has 0 aromatic heterocycles. The van der Waals surface area contributed by atoms with Crippen molar-refractivity contribution < 1.29 is 49.3 Å². The summed E-state index contributed by atoms with van der Waals surface area (Å²) >= 11 is 0. The van der Waals surface area contributed by atoms with Gasteiger partial charge in [-0.2, -0.15) is 0 Å². The monoisotopic (exact) mass is 1090 g/mol. The van der Waals surface area contributed by atoms with Gasteiger partial charge in [-0.05, 0) is 70.6 Å². The second kappa shape index (κ2) is 54.0. The van der Waals surface area contributed by atoms with E-state index in [1.165, 1.54) is 135 Å². The van der Waals surface area contributed by atoms with Crippen LogP contribution in [0.1, 0.15) is 284 Å². The molecule has 1 rings (SSSR count). The molecule has 1 aliphatic heterocycles. The molecule has 0 spiro atoms. The third kappa shape index (κ3) is 42.0. The molecule has 6 N–H and O–H groups in total. The highest BCUT2D eigenvalue weighted by Crippen LogP contribution is 2.26. The molecule has 8 atom stereocenters. The zero-order chi connectivity index (χ0) is 56.1. The fourth-order valence-corrected chi connectivity index (χ4v) is 9.81. The Balaban J connectivity index is 2.62. The Kier molecular flexibility index (Phi) is 50.7. The van der Waals surface area contributed by atoms with Gasteiger partial charge in [0, 0.05) is 6.42 Å². The van der Waals surface area contributed by atoms with Crippen LogP contribution in [0.5, 0.6) is 0 Å². The average Bonchev–Trinajstić information content (AvgIpc) is 3.43. The van der Waals surface area contributed by atoms with Crippen LogP contribution in [0.25, 0.3) is 0 Å². The van der Waals surface area contributed by atoms with E-state index in [1.54, 1.807) is 6.08 Å². The fourth-order valence-electron chi connectivity index (χ4n) is 9.81. The number of aliphatic hydroxyl groups excluding tert-OH is 5. The number of nitrogens with one attached hydrogen (secondary N) is 1. The van der Waals surface area contributed by atoms with Crippen LogP contribution < -0.4 is 5.32 Å². The van der Waals surface area contributed by atoms with E-state index in [0.717, 1.165) is 103 Å². The van der Waals surface area contributed by atoms with E-state index >= 15 is 0 Å². The second-order valence-electron chi connectivity index (χ2n) is 22.1. The van der Waals surface area contributed by atoms with Crippen LogP contribution >= 0.6 is 0 Å². The van der Waals surface area contributed by atoms with Crippen molar-refractivity contribution in [2.45, 2.75) is 333 Å². The zero-order valence-corrected chi connectivity index (χ0v) is 49.6. The highest BCUT2D eigenvalue weighted by molar-refractivity contribution is 5.80. The minimum atomic E-state index is -1.62. The summed E-state index contributed by atoms with van der Waals surface area (Å²) in [6.45, 7) is 5.76. The van der Waals surface area contributed by atoms with Gasteiger partial charge in [-0.25, -0.2) is 0 Å². The normalized spacial score (nSPS) is 19.4. The third-order valence-electron chi connectivity index (χ3n) is 14.9. The first-order valence-corrected chi connectivity index (χ1v) is 32.1. The Hall–Kier alpha value is -2.64. The number of carbonyl (C=O) groups excluding carboxylic acids is 2. The van der Waals surface area contributed by atoms with Crippen LogP contribution in [0.2, 0.25) is 0 Å². The van der Waals surface area contributed by atoms with Gasteiger partial charge >= 0.3 is 5.97 Å². The van der Waals surface area contributed by atoms with E-state index in [1.807, 2.05) is 6.08 Å². The highest BCUT2D eigenvalue weighted by Gasteiger charge is 2.47. The summed E-state index contributed by atoms with van der Waals surface area (Å²) in [5, 5.41) is 57.0. The summed E-state index contributed by atoms with van der Waals surface area (Å²) in [7, 11) is 0. The molecule has 11 heteroatoms. The van der Waals surface area contributed by atoms with Crippen LogP contribution in [0.15, 0.2) is 60.8 Å². The Labute approximate surface area is 471 Å². The maximum Gasteiger partial charge on any atom is 0.306 e. The largest absolute Gasteiger partial charge is 0.454 e. The molecule has 77 heavy (non-hydrogen) atoms. The number of hydrogen-bond donors (Lipinski definition) is 6. The van der Waals surface area contributed by atoms with E-state index in [-0.39, 0.29) is 13.0 Å². The van der Waals surface area contributed by atoms with E-state index in [2.05, 4.69) is 74.7 Å². The van der Waals surface area contributed by atoms with Gasteiger partial charge in [0.2, 0.25) is 5.91 Å². The first-order chi connectivity index (χ1) is 37.7. The minimum Gasteiger partial charge on any atom is -0.454 e. The molecule has 0 aromatic carbocycles. The molecular formula is C66H119NO10. The molecule has 1 fully saturated rings. The van der Waals surface area contributed by atoms with Crippen molar-refractivity contribution in [2.75, 3.05) is 13.2 Å². The number of hydrogen-bond acceptors (Lipinski definition) is 10. The molecule has 11 nitrogen and oxygen atoms in total. The van der Waals surface area contributed by atoms with E-state index in [9.17, 15) is 35.1 Å². The van der Waals surface area contributed by atoms with Gasteiger partial charge in [-0.3, -0.25) is 9.59 Å². The molecule has 0 bridgehead atoms. The molecule has 1 saturated heterocycles. The third-order valence-corrected chi connectivity index (χ3v) is 14.9. The van der Waals surface area contributed by atoms with Gasteiger partial charge in [0.25, 0.3) is 0 Å². The Morgan fingerprint density at radius 3 is 1.36 bits per heavy atom. The molecule has 0 aliphatic carbocycles. The standard InChI is InChI=1S/C66H119NO10/c1-4-7-10-13-16-19-22-24-26-27-28-29-30-31-32-33-34-36-39-42-45-48-51-54-61(71)77-64-63(73)62(72)60(55-68)76-66(64)75-56-57(58(69)52-49-46-43-40-37-21-18-15-12-9-6-3)67-65(74)59(70)53-50-47-44-41-38-35-25-23-20-17-14-11-8-5-2/h16,19,24,26,28-29,31-32,49,52,57-60,62-64,66,68-70,72-73H,4-15,17-18,20-23,25,27,30,33-48,50-51,53-56H2,1-3H3,(H,67,74)/b19-16-,26-24-,29-28-,32-31-,52-49+. The van der Waals surface area contributed by atoms with E-state index in [4.69, 9.17) is 14.2 Å². The molecular weight excluding hydrogens is 967 g/mol. The summed E-state index contributed by atoms with van der Waals surface area (Å²) in [4.78, 5) is 26.5. The van der Waals surface area contributed by atoms with Crippen molar-refractivity contribution in [3.8, 4) is 0 Å². The SMILES string of the molecule is CCCCC/C=C\C/C=C\C/C=C\C/C=C\CCCCCCCCCC(=O)OC1C(OCC(NC(=O)C(O)CCCCCCCCCCCCCCCC)C(O)/C=C/CCCCCCCCCCC)OC(CO)C(O)C1O. The van der Waals surface area contributed by atoms with Gasteiger partial charge in [0.1, 0.15) is 24.4 Å². The molecule has 0 radical (unpaired) electrons. The predicted molar refractivity (Wildman–Crippen MR) is 320 cm³/mol. The second-order valence-corrected chi connectivity index (χ2v) is 22.1. The fraction of sp³-hybridized carbons (Fsp3) is 0.818. The lowest BCUT2D eigenvalue weighted by Crippen LogP contribution is -2.61. The lowest BCUT2D eigenvalue weighted by atomic mass is 9.99. The maximum atomic E-state index is 13.4. The van der Waals surface area contributed by atoms with E-state index < -0.39 is 67.4 Å². The van der Waals surface area contributed by atoms with Crippen molar-refractivity contribution in [3.05, 3.63) is 60.8 Å². The molecule has 0 aromatic rings. The molecule has 1 amide bonds. The van der Waals surface area contributed by atoms with E-state index in [0.29, 0.717) is 19.3 Å². The number of esters is 1. The summed E-state index contributed by atoms with van der Waals surface area (Å²) in [5.41, 5.74) is 0. The number of allylic oxidation sites excluding steroid dienone is 9. The Morgan fingerprint density at radius 1 is 0.506 bits per heavy atom. The number of unbranched alkanes of at least 4 members (excludes halogenated alkanes) is 32. The van der Waals surface area contributed by atoms with Gasteiger partial charge in [0.05, 0.1) is 25.4 Å². The van der Waals surface area contributed by atoms with Crippen LogP contribution in [0.3, 0.4) is 0 Å². The smallest absolute Gasteiger partial charge is 0.306 e. The molecule has 1 aliphatic rings. The minimum absolute atomic E-state index is 0.111. The van der Waals surface area contributed by atoms with Gasteiger partial charge in [-0.15, -0.1) is 0 Å². The van der Waals surface area contributed by atoms with Crippen molar-refractivity contribution in [1.82, 2.24) is 5.32 Å². The highest BCUT2D eigenvalue weighted by atomic mass is 16.7. The van der Waals surface area contributed by atoms with Crippen LogP contribution in [-0.2, 0) is 23.8 Å². The number of aliphatic hydroxyl groups is 5. The number of rotatable bonds is 54. The average molecular weight is 1090 g/mol. The molecule has 0 saturated carbocycles. The quantitative estimate of drug-likeness (QED) is 0.0195. The number of ether oxygens (including phenoxy) is 3. The lowest BCUT2D eigenvalue weighted by Gasteiger charge is -2.41. The van der Waals surface area contributed by atoms with Crippen molar-refractivity contribution in [1.29, 1.82) is 0 Å². The Bertz CT molecular complexity index is 1480. The topological polar surface area (TPSA) is 175 Å². The summed E-state index contributed by atoms with van der Waals surface area (Å²) in [6, 6.07) is -1.02. The van der Waals surface area contributed by atoms with Crippen molar-refractivity contribution in [3.63, 3.8) is 0 Å². The summed E-state index contributed by atoms with van der Waals surface area (Å²) < 4.78 is 17.6.